The number of nitrogens with one attached hydrogen (secondary N) is 1. The van der Waals surface area contributed by atoms with Gasteiger partial charge in [0.15, 0.2) is 0 Å². The van der Waals surface area contributed by atoms with E-state index in [-0.39, 0.29) is 11.7 Å². The van der Waals surface area contributed by atoms with E-state index in [4.69, 9.17) is 4.74 Å². The lowest BCUT2D eigenvalue weighted by molar-refractivity contribution is -0.145. The fourth-order valence-corrected chi connectivity index (χ4v) is 2.01. The van der Waals surface area contributed by atoms with Gasteiger partial charge in [0.1, 0.15) is 11.6 Å². The first-order chi connectivity index (χ1) is 9.90. The van der Waals surface area contributed by atoms with Crippen molar-refractivity contribution < 1.29 is 17.9 Å². The number of halogens is 4. The summed E-state index contributed by atoms with van der Waals surface area (Å²) in [5.74, 6) is -0.882. The van der Waals surface area contributed by atoms with Gasteiger partial charge >= 0.3 is 6.18 Å². The van der Waals surface area contributed by atoms with Crippen LogP contribution in [0.2, 0.25) is 0 Å². The van der Waals surface area contributed by atoms with Crippen LogP contribution in [0, 0.1) is 3.57 Å². The maximum absolute atomic E-state index is 12.8. The average Bonchev–Trinajstić information content (AvgIpc) is 2.41. The van der Waals surface area contributed by atoms with Crippen LogP contribution in [0.4, 0.5) is 19.0 Å². The van der Waals surface area contributed by atoms with Gasteiger partial charge in [-0.05, 0) is 41.6 Å². The Kier molecular flexibility index (Phi) is 4.86. The van der Waals surface area contributed by atoms with Crippen LogP contribution >= 0.6 is 22.6 Å². The standard InChI is InChI=1S/C13H11F3IN3O/c1-2-18-10-7-11(20-12(19-10)13(14,15)16)21-9-6-4-3-5-8(9)17/h3-7H,2H2,1H3,(H,18,19,20). The molecule has 0 atom stereocenters. The van der Waals surface area contributed by atoms with Gasteiger partial charge < -0.3 is 10.1 Å². The second-order valence-corrected chi connectivity index (χ2v) is 5.14. The molecule has 1 N–H and O–H groups in total. The predicted octanol–water partition coefficient (Wildman–Crippen LogP) is 4.32. The summed E-state index contributed by atoms with van der Waals surface area (Å²) in [4.78, 5) is 6.85. The minimum Gasteiger partial charge on any atom is -0.438 e. The number of hydrogen-bond donors (Lipinski definition) is 1. The second kappa shape index (κ2) is 6.46. The molecule has 0 bridgehead atoms. The fourth-order valence-electron chi connectivity index (χ4n) is 1.52. The monoisotopic (exact) mass is 409 g/mol. The molecule has 1 heterocycles. The van der Waals surface area contributed by atoms with Crippen molar-refractivity contribution in [1.29, 1.82) is 0 Å². The van der Waals surface area contributed by atoms with E-state index in [1.54, 1.807) is 31.2 Å². The van der Waals surface area contributed by atoms with Gasteiger partial charge in [0.05, 0.1) is 3.57 Å². The van der Waals surface area contributed by atoms with Gasteiger partial charge in [-0.1, -0.05) is 12.1 Å². The van der Waals surface area contributed by atoms with Crippen LogP contribution in [-0.4, -0.2) is 16.5 Å². The fraction of sp³-hybridized carbons (Fsp3) is 0.231. The highest BCUT2D eigenvalue weighted by molar-refractivity contribution is 14.1. The number of rotatable bonds is 4. The van der Waals surface area contributed by atoms with E-state index in [0.717, 1.165) is 3.57 Å². The molecule has 0 fully saturated rings. The smallest absolute Gasteiger partial charge is 0.438 e. The van der Waals surface area contributed by atoms with Crippen molar-refractivity contribution in [3.63, 3.8) is 0 Å². The summed E-state index contributed by atoms with van der Waals surface area (Å²) < 4.78 is 44.6. The topological polar surface area (TPSA) is 47.0 Å². The molecule has 0 aliphatic carbocycles. The van der Waals surface area contributed by atoms with E-state index in [9.17, 15) is 13.2 Å². The average molecular weight is 409 g/mol. The Hall–Kier alpha value is -1.58. The Labute approximate surface area is 132 Å². The largest absolute Gasteiger partial charge is 0.451 e. The third-order valence-corrected chi connectivity index (χ3v) is 3.26. The van der Waals surface area contributed by atoms with Crippen molar-refractivity contribution in [2.75, 3.05) is 11.9 Å². The maximum Gasteiger partial charge on any atom is 0.451 e. The van der Waals surface area contributed by atoms with Gasteiger partial charge in [-0.25, -0.2) is 4.98 Å². The molecule has 21 heavy (non-hydrogen) atoms. The van der Waals surface area contributed by atoms with Gasteiger partial charge in [0.2, 0.25) is 11.7 Å². The molecule has 0 saturated carbocycles. The van der Waals surface area contributed by atoms with E-state index < -0.39 is 12.0 Å². The second-order valence-electron chi connectivity index (χ2n) is 3.98. The first-order valence-electron chi connectivity index (χ1n) is 6.02. The van der Waals surface area contributed by atoms with E-state index in [1.807, 2.05) is 22.6 Å². The molecule has 0 saturated heterocycles. The molecule has 2 aromatic rings. The summed E-state index contributed by atoms with van der Waals surface area (Å²) >= 11 is 2.03. The summed E-state index contributed by atoms with van der Waals surface area (Å²) in [6.45, 7) is 2.20. The number of anilines is 1. The Bertz CT molecular complexity index is 634. The Balaban J connectivity index is 2.38. The van der Waals surface area contributed by atoms with Crippen LogP contribution < -0.4 is 10.1 Å². The molecule has 8 heteroatoms. The van der Waals surface area contributed by atoms with Crippen LogP contribution in [0.15, 0.2) is 30.3 Å². The van der Waals surface area contributed by atoms with E-state index in [0.29, 0.717) is 12.3 Å². The van der Waals surface area contributed by atoms with Gasteiger partial charge in [0, 0.05) is 12.6 Å². The molecule has 1 aromatic heterocycles. The van der Waals surface area contributed by atoms with Crippen molar-refractivity contribution in [2.45, 2.75) is 13.1 Å². The van der Waals surface area contributed by atoms with Crippen molar-refractivity contribution in [2.24, 2.45) is 0 Å². The van der Waals surface area contributed by atoms with Gasteiger partial charge in [-0.2, -0.15) is 18.2 Å². The highest BCUT2D eigenvalue weighted by atomic mass is 127. The number of alkyl halides is 3. The lowest BCUT2D eigenvalue weighted by Gasteiger charge is -2.12. The van der Waals surface area contributed by atoms with E-state index >= 15 is 0 Å². The molecule has 2 rings (SSSR count). The molecular formula is C13H11F3IN3O. The maximum atomic E-state index is 12.8. The molecule has 1 aromatic carbocycles. The number of aromatic nitrogens is 2. The van der Waals surface area contributed by atoms with Crippen LogP contribution in [0.1, 0.15) is 12.7 Å². The highest BCUT2D eigenvalue weighted by Gasteiger charge is 2.35. The van der Waals surface area contributed by atoms with Crippen molar-refractivity contribution in [3.05, 3.63) is 39.7 Å². The van der Waals surface area contributed by atoms with Gasteiger partial charge in [-0.3, -0.25) is 0 Å². The number of benzene rings is 1. The number of hydrogen-bond acceptors (Lipinski definition) is 4. The Morgan fingerprint density at radius 2 is 1.95 bits per heavy atom. The van der Waals surface area contributed by atoms with Crippen molar-refractivity contribution in [1.82, 2.24) is 9.97 Å². The Morgan fingerprint density at radius 3 is 2.57 bits per heavy atom. The molecule has 0 spiro atoms. The predicted molar refractivity (Wildman–Crippen MR) is 80.4 cm³/mol. The van der Waals surface area contributed by atoms with E-state index in [2.05, 4.69) is 15.3 Å². The lowest BCUT2D eigenvalue weighted by atomic mass is 10.3. The van der Waals surface area contributed by atoms with Crippen LogP contribution in [0.5, 0.6) is 11.6 Å². The van der Waals surface area contributed by atoms with E-state index in [1.165, 1.54) is 6.07 Å². The SMILES string of the molecule is CCNc1cc(Oc2ccccc2I)nc(C(F)(F)F)n1. The number of ether oxygens (including phenoxy) is 1. The van der Waals surface area contributed by atoms with Crippen LogP contribution in [0.25, 0.3) is 0 Å². The number of para-hydroxylation sites is 1. The van der Waals surface area contributed by atoms with Gasteiger partial charge in [-0.15, -0.1) is 0 Å². The quantitative estimate of drug-likeness (QED) is 0.765. The third-order valence-electron chi connectivity index (χ3n) is 2.37. The minimum absolute atomic E-state index is 0.0702. The first-order valence-corrected chi connectivity index (χ1v) is 7.10. The molecule has 0 aliphatic rings. The highest BCUT2D eigenvalue weighted by Crippen LogP contribution is 2.31. The molecule has 0 aliphatic heterocycles. The normalized spacial score (nSPS) is 11.3. The molecule has 0 unspecified atom stereocenters. The zero-order valence-electron chi connectivity index (χ0n) is 10.9. The minimum atomic E-state index is -4.63. The van der Waals surface area contributed by atoms with Crippen LogP contribution in [-0.2, 0) is 6.18 Å². The molecular weight excluding hydrogens is 398 g/mol. The Morgan fingerprint density at radius 1 is 1.24 bits per heavy atom. The van der Waals surface area contributed by atoms with Crippen molar-refractivity contribution >= 4 is 28.4 Å². The summed E-state index contributed by atoms with van der Waals surface area (Å²) in [6.07, 6.45) is -4.63. The first kappa shape index (κ1) is 15.8. The zero-order valence-corrected chi connectivity index (χ0v) is 13.1. The molecule has 0 amide bonds. The lowest BCUT2D eigenvalue weighted by Crippen LogP contribution is -2.13. The summed E-state index contributed by atoms with van der Waals surface area (Å²) in [7, 11) is 0. The van der Waals surface area contributed by atoms with Crippen molar-refractivity contribution in [3.8, 4) is 11.6 Å². The third kappa shape index (κ3) is 4.19. The molecule has 0 radical (unpaired) electrons. The summed E-state index contributed by atoms with van der Waals surface area (Å²) in [6, 6.07) is 8.31. The molecule has 112 valence electrons. The number of nitrogens with zero attached hydrogens (tertiary/aromatic N) is 2. The van der Waals surface area contributed by atoms with Crippen LogP contribution in [0.3, 0.4) is 0 Å². The molecule has 4 nitrogen and oxygen atoms in total. The zero-order chi connectivity index (χ0) is 15.5. The van der Waals surface area contributed by atoms with Gasteiger partial charge in [0.25, 0.3) is 0 Å². The summed E-state index contributed by atoms with van der Waals surface area (Å²) in [5.41, 5.74) is 0. The summed E-state index contributed by atoms with van der Waals surface area (Å²) in [5, 5.41) is 2.73.